The lowest BCUT2D eigenvalue weighted by Gasteiger charge is -2.38. The zero-order valence-corrected chi connectivity index (χ0v) is 19.4. The highest BCUT2D eigenvalue weighted by Gasteiger charge is 2.40. The number of carbonyl (C=O) groups excluding carboxylic acids is 1. The maximum atomic E-state index is 14.7. The Morgan fingerprint density at radius 3 is 2.50 bits per heavy atom. The highest BCUT2D eigenvalue weighted by atomic mass is 32.1. The fraction of sp³-hybridized carbons (Fsp3) is 0.600. The van der Waals surface area contributed by atoms with Gasteiger partial charge in [-0.05, 0) is 62.8 Å². The molecule has 1 aromatic carbocycles. The van der Waals surface area contributed by atoms with E-state index in [1.54, 1.807) is 12.1 Å². The van der Waals surface area contributed by atoms with Gasteiger partial charge in [-0.25, -0.2) is 4.39 Å². The topological polar surface area (TPSA) is 60.9 Å². The van der Waals surface area contributed by atoms with Crippen molar-refractivity contribution in [1.29, 1.82) is 0 Å². The minimum atomic E-state index is -0.712. The summed E-state index contributed by atoms with van der Waals surface area (Å²) in [6, 6.07) is 6.14. The Morgan fingerprint density at radius 1 is 1.12 bits per heavy atom. The molecule has 3 fully saturated rings. The van der Waals surface area contributed by atoms with Gasteiger partial charge in [-0.1, -0.05) is 24.3 Å². The molecule has 2 saturated heterocycles. The summed E-state index contributed by atoms with van der Waals surface area (Å²) in [7, 11) is 0. The number of aliphatic carboxylic acids is 1. The molecule has 32 heavy (non-hydrogen) atoms. The molecule has 3 aliphatic rings. The van der Waals surface area contributed by atoms with Crippen LogP contribution in [0.25, 0.3) is 0 Å². The van der Waals surface area contributed by atoms with Crippen molar-refractivity contribution in [3.05, 3.63) is 47.3 Å². The number of benzene rings is 1. The van der Waals surface area contributed by atoms with Gasteiger partial charge >= 0.3 is 5.97 Å². The van der Waals surface area contributed by atoms with E-state index < -0.39 is 12.0 Å². The molecule has 2 atom stereocenters. The van der Waals surface area contributed by atoms with Crippen molar-refractivity contribution in [2.45, 2.75) is 49.8 Å². The smallest absolute Gasteiger partial charge is 0.303 e. The average Bonchev–Trinajstić information content (AvgIpc) is 3.61. The number of halogens is 1. The molecule has 1 saturated carbocycles. The van der Waals surface area contributed by atoms with Crippen LogP contribution in [0.15, 0.2) is 35.9 Å². The van der Waals surface area contributed by atoms with Gasteiger partial charge in [0.15, 0.2) is 5.78 Å². The lowest BCUT2D eigenvalue weighted by atomic mass is 9.93. The number of rotatable bonds is 8. The Morgan fingerprint density at radius 2 is 1.84 bits per heavy atom. The van der Waals surface area contributed by atoms with Crippen LogP contribution in [0.1, 0.15) is 50.1 Å². The predicted molar refractivity (Wildman–Crippen MR) is 125 cm³/mol. The zero-order chi connectivity index (χ0) is 22.7. The lowest BCUT2D eigenvalue weighted by molar-refractivity contribution is -0.138. The van der Waals surface area contributed by atoms with Crippen LogP contribution in [0.3, 0.4) is 0 Å². The van der Waals surface area contributed by atoms with Crippen LogP contribution in [-0.2, 0) is 9.59 Å². The van der Waals surface area contributed by atoms with Crippen LogP contribution in [0.4, 0.5) is 4.39 Å². The Balaban J connectivity index is 1.43. The van der Waals surface area contributed by atoms with Gasteiger partial charge in [0.1, 0.15) is 5.82 Å². The van der Waals surface area contributed by atoms with Crippen molar-refractivity contribution in [3.63, 3.8) is 0 Å². The summed E-state index contributed by atoms with van der Waals surface area (Å²) in [6.07, 6.45) is 6.96. The van der Waals surface area contributed by atoms with Crippen LogP contribution in [0.5, 0.6) is 0 Å². The number of piperidine rings is 2. The van der Waals surface area contributed by atoms with E-state index in [9.17, 15) is 14.0 Å². The molecule has 7 heteroatoms. The van der Waals surface area contributed by atoms with Gasteiger partial charge in [-0.3, -0.25) is 19.4 Å². The minimum absolute atomic E-state index is 0.0628. The maximum Gasteiger partial charge on any atom is 0.303 e. The fourth-order valence-electron chi connectivity index (χ4n) is 5.00. The minimum Gasteiger partial charge on any atom is -0.481 e. The summed E-state index contributed by atoms with van der Waals surface area (Å²) in [5.74, 6) is -0.542. The second-order valence-electron chi connectivity index (χ2n) is 9.50. The molecular formula is C25H33FN2O3S. The van der Waals surface area contributed by atoms with Gasteiger partial charge in [0.25, 0.3) is 0 Å². The normalized spacial score (nSPS) is 25.7. The quantitative estimate of drug-likeness (QED) is 0.454. The number of hydrogen-bond acceptors (Lipinski definition) is 5. The van der Waals surface area contributed by atoms with Crippen molar-refractivity contribution in [2.24, 2.45) is 11.8 Å². The molecule has 5 nitrogen and oxygen atoms in total. The van der Waals surface area contributed by atoms with Gasteiger partial charge in [0.05, 0.1) is 6.04 Å². The number of Topliss-reactive ketones (excluding diaryl/α,β-unsaturated/α-hetero) is 1. The molecule has 0 amide bonds. The molecule has 1 N–H and O–H groups in total. The van der Waals surface area contributed by atoms with Gasteiger partial charge in [-0.2, -0.15) is 12.6 Å². The van der Waals surface area contributed by atoms with Crippen molar-refractivity contribution in [3.8, 4) is 0 Å². The third-order valence-electron chi connectivity index (χ3n) is 7.10. The summed E-state index contributed by atoms with van der Waals surface area (Å²) < 4.78 is 14.7. The van der Waals surface area contributed by atoms with Gasteiger partial charge in [0.2, 0.25) is 0 Å². The van der Waals surface area contributed by atoms with E-state index in [0.717, 1.165) is 58.3 Å². The zero-order valence-electron chi connectivity index (χ0n) is 18.5. The molecular weight excluding hydrogens is 427 g/mol. The summed E-state index contributed by atoms with van der Waals surface area (Å²) in [4.78, 5) is 28.6. The largest absolute Gasteiger partial charge is 0.481 e. The molecule has 2 unspecified atom stereocenters. The molecule has 2 aliphatic heterocycles. The Kier molecular flexibility index (Phi) is 7.69. The molecule has 0 spiro atoms. The van der Waals surface area contributed by atoms with Gasteiger partial charge in [-0.15, -0.1) is 0 Å². The summed E-state index contributed by atoms with van der Waals surface area (Å²) in [5.41, 5.74) is 1.68. The number of likely N-dealkylation sites (tertiary alicyclic amines) is 2. The van der Waals surface area contributed by atoms with Crippen LogP contribution >= 0.6 is 12.6 Å². The number of carboxylic acid groups (broad SMARTS) is 1. The van der Waals surface area contributed by atoms with E-state index in [4.69, 9.17) is 17.7 Å². The number of nitrogens with zero attached hydrogens (tertiary/aromatic N) is 2. The van der Waals surface area contributed by atoms with Crippen LogP contribution in [-0.4, -0.2) is 64.6 Å². The Labute approximate surface area is 195 Å². The first-order chi connectivity index (χ1) is 15.4. The number of carboxylic acids is 1. The van der Waals surface area contributed by atoms with Crippen LogP contribution in [0, 0.1) is 17.7 Å². The second kappa shape index (κ2) is 10.5. The third kappa shape index (κ3) is 5.80. The monoisotopic (exact) mass is 460 g/mol. The summed E-state index contributed by atoms with van der Waals surface area (Å²) >= 11 is 4.79. The van der Waals surface area contributed by atoms with Gasteiger partial charge in [0, 0.05) is 42.8 Å². The molecule has 4 rings (SSSR count). The SMILES string of the molecule is O=C(O)CC1CCN(C/C=C2/CN(C(C(=O)C3CC3)c3ccccc3F)CCC2S)CC1. The standard InChI is InChI=1S/C25H33FN2O3S/c26-21-4-2-1-3-20(21)24(25(31)18-5-6-18)28-14-10-22(32)19(16-28)9-13-27-11-7-17(8-12-27)15-23(29)30/h1-4,9,17-18,22,24,32H,5-8,10-16H2,(H,29,30)/b19-9-. The Bertz CT molecular complexity index is 864. The van der Waals surface area contributed by atoms with Crippen molar-refractivity contribution in [2.75, 3.05) is 32.7 Å². The summed E-state index contributed by atoms with van der Waals surface area (Å²) in [5, 5.41) is 9.14. The van der Waals surface area contributed by atoms with E-state index in [2.05, 4.69) is 15.9 Å². The molecule has 0 aromatic heterocycles. The highest BCUT2D eigenvalue weighted by Crippen LogP contribution is 2.39. The first-order valence-electron chi connectivity index (χ1n) is 11.8. The van der Waals surface area contributed by atoms with E-state index in [0.29, 0.717) is 12.1 Å². The number of ketones is 1. The predicted octanol–water partition coefficient (Wildman–Crippen LogP) is 3.96. The number of carbonyl (C=O) groups is 2. The molecule has 174 valence electrons. The molecule has 0 radical (unpaired) electrons. The van der Waals surface area contributed by atoms with Gasteiger partial charge < -0.3 is 5.11 Å². The lowest BCUT2D eigenvalue weighted by Crippen LogP contribution is -2.43. The maximum absolute atomic E-state index is 14.7. The average molecular weight is 461 g/mol. The number of thiol groups is 1. The Hall–Kier alpha value is -1.70. The molecule has 0 bridgehead atoms. The second-order valence-corrected chi connectivity index (χ2v) is 10.1. The van der Waals surface area contributed by atoms with Crippen molar-refractivity contribution < 1.29 is 19.1 Å². The van der Waals surface area contributed by atoms with Crippen molar-refractivity contribution in [1.82, 2.24) is 9.80 Å². The fourth-order valence-corrected chi connectivity index (χ4v) is 5.30. The highest BCUT2D eigenvalue weighted by molar-refractivity contribution is 7.81. The van der Waals surface area contributed by atoms with Crippen LogP contribution < -0.4 is 0 Å². The molecule has 1 aliphatic carbocycles. The third-order valence-corrected chi connectivity index (χ3v) is 7.69. The first kappa shape index (κ1) is 23.5. The first-order valence-corrected chi connectivity index (χ1v) is 12.3. The van der Waals surface area contributed by atoms with Crippen molar-refractivity contribution >= 4 is 24.4 Å². The summed E-state index contributed by atoms with van der Waals surface area (Å²) in [6.45, 7) is 3.97. The molecule has 1 aromatic rings. The van der Waals surface area contributed by atoms with Crippen LogP contribution in [0.2, 0.25) is 0 Å². The van der Waals surface area contributed by atoms with E-state index in [-0.39, 0.29) is 35.1 Å². The van der Waals surface area contributed by atoms with E-state index in [1.165, 1.54) is 11.6 Å². The van der Waals surface area contributed by atoms with E-state index >= 15 is 0 Å². The molecule has 2 heterocycles. The van der Waals surface area contributed by atoms with E-state index in [1.807, 2.05) is 6.07 Å². The number of hydrogen-bond donors (Lipinski definition) is 2.